The van der Waals surface area contributed by atoms with Gasteiger partial charge in [0, 0.05) is 34.9 Å². The summed E-state index contributed by atoms with van der Waals surface area (Å²) in [6, 6.07) is 12.4. The van der Waals surface area contributed by atoms with Gasteiger partial charge in [-0.25, -0.2) is 4.79 Å². The van der Waals surface area contributed by atoms with Crippen LogP contribution in [0.3, 0.4) is 0 Å². The Hall–Kier alpha value is -2.54. The number of methoxy groups -OCH3 is 1. The molecule has 0 spiro atoms. The first-order valence-electron chi connectivity index (χ1n) is 8.77. The lowest BCUT2D eigenvalue weighted by molar-refractivity contribution is 0.0635. The van der Waals surface area contributed by atoms with E-state index in [4.69, 9.17) is 9.47 Å². The summed E-state index contributed by atoms with van der Waals surface area (Å²) >= 11 is 3.44. The quantitative estimate of drug-likeness (QED) is 0.692. The van der Waals surface area contributed by atoms with Gasteiger partial charge in [-0.3, -0.25) is 10.1 Å². The summed E-state index contributed by atoms with van der Waals surface area (Å²) in [6.45, 7) is 5.75. The third-order valence-electron chi connectivity index (χ3n) is 3.75. The normalized spacial score (nSPS) is 10.9. The van der Waals surface area contributed by atoms with Crippen LogP contribution in [0.25, 0.3) is 0 Å². The van der Waals surface area contributed by atoms with Crippen molar-refractivity contribution < 1.29 is 19.1 Å². The zero-order valence-electron chi connectivity index (χ0n) is 16.7. The van der Waals surface area contributed by atoms with Gasteiger partial charge >= 0.3 is 6.09 Å². The fourth-order valence-electron chi connectivity index (χ4n) is 2.57. The van der Waals surface area contributed by atoms with Crippen LogP contribution in [0.1, 0.15) is 36.7 Å². The van der Waals surface area contributed by atoms with Crippen LogP contribution in [-0.2, 0) is 11.3 Å². The van der Waals surface area contributed by atoms with E-state index < -0.39 is 11.7 Å². The van der Waals surface area contributed by atoms with Crippen LogP contribution in [0.15, 0.2) is 46.9 Å². The van der Waals surface area contributed by atoms with E-state index in [0.29, 0.717) is 23.5 Å². The molecule has 150 valence electrons. The Bertz CT molecular complexity index is 862. The number of rotatable bonds is 5. The standard InChI is InChI=1S/C21H25BrN2O4/c1-21(2,3)28-20(26)23-17-8-6-7-14(12-17)19(25)24(4)13-15-11-16(22)9-10-18(15)27-5/h6-12H,13H2,1-5H3,(H,23,26). The van der Waals surface area contributed by atoms with Gasteiger partial charge in [-0.05, 0) is 57.2 Å². The van der Waals surface area contributed by atoms with Crippen LogP contribution in [0, 0.1) is 0 Å². The molecule has 1 N–H and O–H groups in total. The highest BCUT2D eigenvalue weighted by Crippen LogP contribution is 2.25. The van der Waals surface area contributed by atoms with E-state index in [1.807, 2.05) is 18.2 Å². The van der Waals surface area contributed by atoms with Gasteiger partial charge in [0.25, 0.3) is 5.91 Å². The molecule has 0 radical (unpaired) electrons. The Morgan fingerprint density at radius 3 is 2.50 bits per heavy atom. The van der Waals surface area contributed by atoms with E-state index >= 15 is 0 Å². The molecule has 0 aromatic heterocycles. The summed E-state index contributed by atoms with van der Waals surface area (Å²) in [5, 5.41) is 2.65. The molecule has 6 nitrogen and oxygen atoms in total. The molecular formula is C21H25BrN2O4. The number of hydrogen-bond acceptors (Lipinski definition) is 4. The molecule has 0 aliphatic carbocycles. The van der Waals surface area contributed by atoms with Crippen molar-refractivity contribution >= 4 is 33.6 Å². The van der Waals surface area contributed by atoms with Crippen LogP contribution in [0.4, 0.5) is 10.5 Å². The lowest BCUT2D eigenvalue weighted by Gasteiger charge is -2.21. The van der Waals surface area contributed by atoms with E-state index in [9.17, 15) is 9.59 Å². The molecular weight excluding hydrogens is 424 g/mol. The van der Waals surface area contributed by atoms with Crippen LogP contribution in [0.2, 0.25) is 0 Å². The van der Waals surface area contributed by atoms with Gasteiger partial charge in [0.05, 0.1) is 7.11 Å². The smallest absolute Gasteiger partial charge is 0.412 e. The van der Waals surface area contributed by atoms with Crippen molar-refractivity contribution in [3.8, 4) is 5.75 Å². The minimum Gasteiger partial charge on any atom is -0.496 e. The summed E-state index contributed by atoms with van der Waals surface area (Å²) in [5.74, 6) is 0.540. The number of carbonyl (C=O) groups excluding carboxylic acids is 2. The van der Waals surface area contributed by atoms with Crippen LogP contribution in [-0.4, -0.2) is 36.7 Å². The summed E-state index contributed by atoms with van der Waals surface area (Å²) in [4.78, 5) is 26.4. The lowest BCUT2D eigenvalue weighted by Crippen LogP contribution is -2.28. The molecule has 0 atom stereocenters. The molecule has 0 heterocycles. The van der Waals surface area contributed by atoms with E-state index in [1.54, 1.807) is 64.1 Å². The SMILES string of the molecule is COc1ccc(Br)cc1CN(C)C(=O)c1cccc(NC(=O)OC(C)(C)C)c1. The average Bonchev–Trinajstić information content (AvgIpc) is 2.59. The molecule has 2 rings (SSSR count). The largest absolute Gasteiger partial charge is 0.496 e. The summed E-state index contributed by atoms with van der Waals surface area (Å²) in [7, 11) is 3.32. The van der Waals surface area contributed by atoms with Crippen molar-refractivity contribution in [2.24, 2.45) is 0 Å². The molecule has 0 aliphatic heterocycles. The van der Waals surface area contributed by atoms with Crippen molar-refractivity contribution in [1.82, 2.24) is 4.90 Å². The Balaban J connectivity index is 2.12. The molecule has 0 saturated carbocycles. The zero-order valence-corrected chi connectivity index (χ0v) is 18.3. The topological polar surface area (TPSA) is 67.9 Å². The molecule has 0 bridgehead atoms. The van der Waals surface area contributed by atoms with Gasteiger partial charge in [-0.1, -0.05) is 22.0 Å². The van der Waals surface area contributed by atoms with Gasteiger partial charge in [0.15, 0.2) is 0 Å². The maximum absolute atomic E-state index is 12.8. The summed E-state index contributed by atoms with van der Waals surface area (Å²) in [5.41, 5.74) is 1.25. The number of hydrogen-bond donors (Lipinski definition) is 1. The first kappa shape index (κ1) is 21.8. The number of ether oxygens (including phenoxy) is 2. The molecule has 0 unspecified atom stereocenters. The van der Waals surface area contributed by atoms with Gasteiger partial charge in [0.1, 0.15) is 11.4 Å². The summed E-state index contributed by atoms with van der Waals surface area (Å²) in [6.07, 6.45) is -0.565. The van der Waals surface area contributed by atoms with Gasteiger partial charge in [-0.2, -0.15) is 0 Å². The Kier molecular flexibility index (Phi) is 7.07. The Labute approximate surface area is 174 Å². The maximum atomic E-state index is 12.8. The molecule has 0 fully saturated rings. The highest BCUT2D eigenvalue weighted by molar-refractivity contribution is 9.10. The fraction of sp³-hybridized carbons (Fsp3) is 0.333. The third kappa shape index (κ3) is 6.27. The van der Waals surface area contributed by atoms with Crippen molar-refractivity contribution in [2.45, 2.75) is 32.9 Å². The minimum atomic E-state index is -0.596. The van der Waals surface area contributed by atoms with Crippen LogP contribution >= 0.6 is 15.9 Å². The second kappa shape index (κ2) is 9.10. The summed E-state index contributed by atoms with van der Waals surface area (Å²) < 4.78 is 11.5. The number of amides is 2. The number of benzene rings is 2. The number of nitrogens with zero attached hydrogens (tertiary/aromatic N) is 1. The molecule has 28 heavy (non-hydrogen) atoms. The van der Waals surface area contributed by atoms with Gasteiger partial charge < -0.3 is 14.4 Å². The first-order valence-corrected chi connectivity index (χ1v) is 9.56. The van der Waals surface area contributed by atoms with Crippen molar-refractivity contribution in [2.75, 3.05) is 19.5 Å². The van der Waals surface area contributed by atoms with E-state index in [0.717, 1.165) is 10.0 Å². The van der Waals surface area contributed by atoms with Crippen molar-refractivity contribution in [1.29, 1.82) is 0 Å². The predicted molar refractivity (Wildman–Crippen MR) is 113 cm³/mol. The highest BCUT2D eigenvalue weighted by Gasteiger charge is 2.18. The lowest BCUT2D eigenvalue weighted by atomic mass is 10.1. The highest BCUT2D eigenvalue weighted by atomic mass is 79.9. The number of carbonyl (C=O) groups is 2. The van der Waals surface area contributed by atoms with E-state index in [-0.39, 0.29) is 5.91 Å². The zero-order chi connectivity index (χ0) is 20.9. The van der Waals surface area contributed by atoms with Crippen molar-refractivity contribution in [3.05, 3.63) is 58.1 Å². The average molecular weight is 449 g/mol. The Morgan fingerprint density at radius 1 is 1.14 bits per heavy atom. The maximum Gasteiger partial charge on any atom is 0.412 e. The number of nitrogens with one attached hydrogen (secondary N) is 1. The van der Waals surface area contributed by atoms with E-state index in [2.05, 4.69) is 21.2 Å². The second-order valence-corrected chi connectivity index (χ2v) is 8.24. The number of halogens is 1. The minimum absolute atomic E-state index is 0.171. The Morgan fingerprint density at radius 2 is 1.86 bits per heavy atom. The monoisotopic (exact) mass is 448 g/mol. The first-order chi connectivity index (χ1) is 13.1. The molecule has 2 aromatic carbocycles. The fourth-order valence-corrected chi connectivity index (χ4v) is 2.98. The van der Waals surface area contributed by atoms with Crippen LogP contribution in [0.5, 0.6) is 5.75 Å². The van der Waals surface area contributed by atoms with Gasteiger partial charge in [0.2, 0.25) is 0 Å². The molecule has 0 aliphatic rings. The molecule has 7 heteroatoms. The van der Waals surface area contributed by atoms with E-state index in [1.165, 1.54) is 0 Å². The molecule has 0 saturated heterocycles. The van der Waals surface area contributed by atoms with Gasteiger partial charge in [-0.15, -0.1) is 0 Å². The van der Waals surface area contributed by atoms with Crippen molar-refractivity contribution in [3.63, 3.8) is 0 Å². The third-order valence-corrected chi connectivity index (χ3v) is 4.24. The number of anilines is 1. The molecule has 2 aromatic rings. The molecule has 2 amide bonds. The second-order valence-electron chi connectivity index (χ2n) is 7.33. The van der Waals surface area contributed by atoms with Crippen LogP contribution < -0.4 is 10.1 Å². The predicted octanol–water partition coefficient (Wildman–Crippen LogP) is 5.08.